The molecule has 1 aliphatic carbocycles. The van der Waals surface area contributed by atoms with Crippen molar-refractivity contribution >= 4 is 23.8 Å². The predicted molar refractivity (Wildman–Crippen MR) is 112 cm³/mol. The van der Waals surface area contributed by atoms with Crippen LogP contribution in [0, 0.1) is 0 Å². The SMILES string of the molecule is OC(C1=CCC=C1)c1ccccc1P(c1ccccc1)c1ccccc1. The lowest BCUT2D eigenvalue weighted by molar-refractivity contribution is 0.221. The summed E-state index contributed by atoms with van der Waals surface area (Å²) >= 11 is 0. The number of hydrogen-bond donors (Lipinski definition) is 1. The molecule has 0 saturated carbocycles. The topological polar surface area (TPSA) is 20.2 Å². The highest BCUT2D eigenvalue weighted by Crippen LogP contribution is 2.37. The third kappa shape index (κ3) is 3.42. The first-order valence-corrected chi connectivity index (χ1v) is 10.2. The van der Waals surface area contributed by atoms with Gasteiger partial charge < -0.3 is 5.11 Å². The van der Waals surface area contributed by atoms with Crippen molar-refractivity contribution in [3.8, 4) is 0 Å². The molecule has 1 atom stereocenters. The van der Waals surface area contributed by atoms with Crippen molar-refractivity contribution < 1.29 is 5.11 Å². The summed E-state index contributed by atoms with van der Waals surface area (Å²) in [6, 6.07) is 29.6. The summed E-state index contributed by atoms with van der Waals surface area (Å²) < 4.78 is 0. The summed E-state index contributed by atoms with van der Waals surface area (Å²) in [5.41, 5.74) is 2.00. The van der Waals surface area contributed by atoms with Gasteiger partial charge >= 0.3 is 0 Å². The average Bonchev–Trinajstić information content (AvgIpc) is 3.25. The van der Waals surface area contributed by atoms with Gasteiger partial charge in [-0.05, 0) is 41.4 Å². The van der Waals surface area contributed by atoms with Gasteiger partial charge in [-0.2, -0.15) is 0 Å². The second-order valence-corrected chi connectivity index (χ2v) is 8.50. The Morgan fingerprint density at radius 3 is 1.88 bits per heavy atom. The minimum absolute atomic E-state index is 0.581. The molecule has 3 aromatic carbocycles. The molecule has 26 heavy (non-hydrogen) atoms. The van der Waals surface area contributed by atoms with Gasteiger partial charge in [-0.15, -0.1) is 0 Å². The summed E-state index contributed by atoms with van der Waals surface area (Å²) in [5.74, 6) is 0. The molecule has 0 saturated heterocycles. The number of rotatable bonds is 5. The van der Waals surface area contributed by atoms with E-state index in [4.69, 9.17) is 0 Å². The van der Waals surface area contributed by atoms with Gasteiger partial charge in [0.05, 0.1) is 0 Å². The summed E-state index contributed by atoms with van der Waals surface area (Å²) in [4.78, 5) is 0. The number of aliphatic hydroxyl groups excluding tert-OH is 1. The average molecular weight is 356 g/mol. The Hall–Kier alpha value is -2.47. The molecule has 0 heterocycles. The molecule has 0 radical (unpaired) electrons. The molecule has 0 aliphatic heterocycles. The minimum Gasteiger partial charge on any atom is -0.384 e. The smallest absolute Gasteiger partial charge is 0.104 e. The fraction of sp³-hybridized carbons (Fsp3) is 0.0833. The van der Waals surface area contributed by atoms with Gasteiger partial charge in [-0.25, -0.2) is 0 Å². The number of hydrogen-bond acceptors (Lipinski definition) is 1. The van der Waals surface area contributed by atoms with Crippen molar-refractivity contribution in [2.24, 2.45) is 0 Å². The lowest BCUT2D eigenvalue weighted by atomic mass is 10.0. The Morgan fingerprint density at radius 2 is 1.31 bits per heavy atom. The Balaban J connectivity index is 1.86. The summed E-state index contributed by atoms with van der Waals surface area (Å²) in [6.45, 7) is 0. The van der Waals surface area contributed by atoms with Crippen molar-refractivity contribution in [3.63, 3.8) is 0 Å². The van der Waals surface area contributed by atoms with E-state index in [9.17, 15) is 5.11 Å². The van der Waals surface area contributed by atoms with Crippen LogP contribution in [0.1, 0.15) is 18.1 Å². The maximum absolute atomic E-state index is 11.0. The Kier molecular flexibility index (Phi) is 5.11. The zero-order chi connectivity index (χ0) is 17.8. The van der Waals surface area contributed by atoms with E-state index in [1.807, 2.05) is 12.1 Å². The first-order chi connectivity index (χ1) is 12.8. The van der Waals surface area contributed by atoms with Gasteiger partial charge in [-0.3, -0.25) is 0 Å². The van der Waals surface area contributed by atoms with Crippen molar-refractivity contribution in [2.45, 2.75) is 12.5 Å². The van der Waals surface area contributed by atoms with Gasteiger partial charge in [-0.1, -0.05) is 103 Å². The Labute approximate surface area is 156 Å². The summed E-state index contributed by atoms with van der Waals surface area (Å²) in [7, 11) is -0.725. The molecule has 4 rings (SSSR count). The van der Waals surface area contributed by atoms with Gasteiger partial charge in [0.1, 0.15) is 6.10 Å². The maximum Gasteiger partial charge on any atom is 0.104 e. The van der Waals surface area contributed by atoms with Crippen LogP contribution in [-0.2, 0) is 0 Å². The fourth-order valence-electron chi connectivity index (χ4n) is 3.36. The molecule has 1 unspecified atom stereocenters. The second-order valence-electron chi connectivity index (χ2n) is 6.31. The van der Waals surface area contributed by atoms with E-state index in [0.717, 1.165) is 17.6 Å². The standard InChI is InChI=1S/C24H21OP/c25-24(19-11-7-8-12-19)22-17-9-10-18-23(22)26(20-13-3-1-4-14-20)21-15-5-2-6-16-21/h1-7,9-18,24-25H,8H2. The van der Waals surface area contributed by atoms with Gasteiger partial charge in [0.2, 0.25) is 0 Å². The first kappa shape index (κ1) is 17.0. The van der Waals surface area contributed by atoms with Crippen LogP contribution in [0.3, 0.4) is 0 Å². The lowest BCUT2D eigenvalue weighted by Gasteiger charge is -2.24. The van der Waals surface area contributed by atoms with Crippen molar-refractivity contribution in [1.29, 1.82) is 0 Å². The largest absolute Gasteiger partial charge is 0.384 e. The molecule has 128 valence electrons. The molecule has 1 aliphatic rings. The van der Waals surface area contributed by atoms with Crippen LogP contribution in [0.4, 0.5) is 0 Å². The number of allylic oxidation sites excluding steroid dienone is 2. The third-order valence-electron chi connectivity index (χ3n) is 4.62. The fourth-order valence-corrected chi connectivity index (χ4v) is 5.85. The number of benzene rings is 3. The minimum atomic E-state index is -0.725. The van der Waals surface area contributed by atoms with Crippen LogP contribution in [0.25, 0.3) is 0 Å². The van der Waals surface area contributed by atoms with Gasteiger partial charge in [0.15, 0.2) is 0 Å². The molecule has 0 spiro atoms. The molecule has 2 heteroatoms. The maximum atomic E-state index is 11.0. The van der Waals surface area contributed by atoms with E-state index in [1.165, 1.54) is 15.9 Å². The Bertz CT molecular complexity index is 889. The van der Waals surface area contributed by atoms with E-state index in [2.05, 4.69) is 91.0 Å². The van der Waals surface area contributed by atoms with E-state index in [0.29, 0.717) is 0 Å². The van der Waals surface area contributed by atoms with Crippen LogP contribution in [0.2, 0.25) is 0 Å². The highest BCUT2D eigenvalue weighted by molar-refractivity contribution is 7.79. The molecule has 0 bridgehead atoms. The lowest BCUT2D eigenvalue weighted by Crippen LogP contribution is -2.24. The molecule has 3 aromatic rings. The van der Waals surface area contributed by atoms with Crippen LogP contribution >= 0.6 is 7.92 Å². The summed E-state index contributed by atoms with van der Waals surface area (Å²) in [5, 5.41) is 14.8. The monoisotopic (exact) mass is 356 g/mol. The quantitative estimate of drug-likeness (QED) is 0.674. The van der Waals surface area contributed by atoms with E-state index >= 15 is 0 Å². The zero-order valence-corrected chi connectivity index (χ0v) is 15.4. The Morgan fingerprint density at radius 1 is 0.731 bits per heavy atom. The van der Waals surface area contributed by atoms with Crippen LogP contribution < -0.4 is 15.9 Å². The molecular weight excluding hydrogens is 335 g/mol. The normalized spacial score (nSPS) is 14.5. The van der Waals surface area contributed by atoms with Crippen LogP contribution in [0.15, 0.2) is 109 Å². The van der Waals surface area contributed by atoms with Gasteiger partial charge in [0.25, 0.3) is 0 Å². The molecule has 0 aromatic heterocycles. The molecular formula is C24H21OP. The summed E-state index contributed by atoms with van der Waals surface area (Å²) in [6.07, 6.45) is 6.56. The zero-order valence-electron chi connectivity index (χ0n) is 14.5. The predicted octanol–water partition coefficient (Wildman–Crippen LogP) is 4.36. The van der Waals surface area contributed by atoms with E-state index < -0.39 is 14.0 Å². The number of aliphatic hydroxyl groups is 1. The van der Waals surface area contributed by atoms with Crippen LogP contribution in [0.5, 0.6) is 0 Å². The van der Waals surface area contributed by atoms with Crippen molar-refractivity contribution in [2.75, 3.05) is 0 Å². The molecule has 0 amide bonds. The molecule has 0 fully saturated rings. The van der Waals surface area contributed by atoms with Crippen molar-refractivity contribution in [3.05, 3.63) is 114 Å². The third-order valence-corrected chi connectivity index (χ3v) is 7.13. The van der Waals surface area contributed by atoms with Gasteiger partial charge in [0, 0.05) is 0 Å². The first-order valence-electron chi connectivity index (χ1n) is 8.88. The highest BCUT2D eigenvalue weighted by atomic mass is 31.1. The highest BCUT2D eigenvalue weighted by Gasteiger charge is 2.23. The van der Waals surface area contributed by atoms with Crippen LogP contribution in [-0.4, -0.2) is 5.11 Å². The molecule has 1 nitrogen and oxygen atoms in total. The molecule has 1 N–H and O–H groups in total. The van der Waals surface area contributed by atoms with E-state index in [-0.39, 0.29) is 0 Å². The second kappa shape index (κ2) is 7.83. The van der Waals surface area contributed by atoms with Crippen molar-refractivity contribution in [1.82, 2.24) is 0 Å². The van der Waals surface area contributed by atoms with E-state index in [1.54, 1.807) is 0 Å².